The second kappa shape index (κ2) is 59.3. The monoisotopic (exact) mass is 1780 g/mol. The number of benzene rings is 4. The van der Waals surface area contributed by atoms with Crippen molar-refractivity contribution in [2.45, 2.75) is 294 Å². The third-order valence-electron chi connectivity index (χ3n) is 21.3. The Bertz CT molecular complexity index is 4200. The first-order valence-corrected chi connectivity index (χ1v) is 42.4. The molecule has 28 nitrogen and oxygen atoms in total. The number of aromatic nitrogens is 7. The van der Waals surface area contributed by atoms with E-state index >= 15 is 0 Å². The number of likely N-dealkylation sites (N-methyl/N-ethyl adjacent to an activating group) is 1. The normalized spacial score (nSPS) is 21.6. The number of carboxylic acids is 2. The van der Waals surface area contributed by atoms with Crippen molar-refractivity contribution < 1.29 is 60.7 Å². The number of nitrogens with two attached hydrogens (primary N) is 1. The van der Waals surface area contributed by atoms with Crippen molar-refractivity contribution in [1.29, 1.82) is 0 Å². The molecule has 8 aliphatic rings. The Labute approximate surface area is 745 Å². The lowest BCUT2D eigenvalue weighted by Gasteiger charge is -2.31. The molecule has 7 aliphatic heterocycles. The SMILES string of the molecule is C.C.C.C.C.C.C.C.C.CN1C(=O)[C@H](Cc2ccccc2)NC1(C)C.C[C@H](N)C(=O)O.C[C@H](NC(=S)NC1CCCC[C@@H]1N=Cc1ncc[nH]1)c1cccc2ccccc12.C[n+]1ccn(C[C@@H]2CCCN2)c1.O=C(O)[C@@H]1CCCN1.O=C([C@@H]1CC(O)CN1)N1CCCC1.O=S(=O)(CC[C@@H]1CCCN1)C(F)(F)F.c1ccc(-c2cn(C[C@@H]3CCCN3)nn2)cc1. The number of sulfone groups is 1. The topological polar surface area (TPSA) is 372 Å². The number of aryl methyl sites for hydroxylation is 1. The van der Waals surface area contributed by atoms with Gasteiger partial charge in [0, 0.05) is 62.8 Å². The van der Waals surface area contributed by atoms with Gasteiger partial charge in [-0.3, -0.25) is 34.2 Å². The van der Waals surface area contributed by atoms with Gasteiger partial charge in [0.05, 0.1) is 73.7 Å². The summed E-state index contributed by atoms with van der Waals surface area (Å²) in [5.41, 5.74) is 4.01. The van der Waals surface area contributed by atoms with Crippen LogP contribution >= 0.6 is 12.2 Å². The van der Waals surface area contributed by atoms with Crippen LogP contribution in [0.4, 0.5) is 13.2 Å². The number of alkyl halides is 3. The quantitative estimate of drug-likeness (QED) is 0.0216. The number of amides is 2. The number of halogens is 3. The molecule has 702 valence electrons. The second-order valence-electron chi connectivity index (χ2n) is 30.9. The lowest BCUT2D eigenvalue weighted by molar-refractivity contribution is -0.671. The molecule has 11 atom stereocenters. The molecule has 7 aromatic rings. The number of likely N-dealkylation sites (tertiary alicyclic amines) is 1. The lowest BCUT2D eigenvalue weighted by atomic mass is 9.91. The molecular formula is C91H157F3N19O9S2+. The molecule has 10 heterocycles. The number of hydrogen-bond acceptors (Lipinski definition) is 19. The molecule has 4 aromatic carbocycles. The highest BCUT2D eigenvalue weighted by atomic mass is 32.2. The predicted molar refractivity (Wildman–Crippen MR) is 505 cm³/mol. The van der Waals surface area contributed by atoms with Gasteiger partial charge in [-0.1, -0.05) is 188 Å². The fourth-order valence-corrected chi connectivity index (χ4v) is 15.7. The molecule has 0 spiro atoms. The number of fused-ring (bicyclic) bond motifs is 1. The summed E-state index contributed by atoms with van der Waals surface area (Å²) in [6, 6.07) is 35.7. The molecule has 124 heavy (non-hydrogen) atoms. The van der Waals surface area contributed by atoms with E-state index in [1.807, 2.05) is 85.5 Å². The number of carboxylic acid groups (broad SMARTS) is 2. The van der Waals surface area contributed by atoms with Crippen LogP contribution in [0, 0.1) is 0 Å². The third kappa shape index (κ3) is 39.1. The standard InChI is InChI=1S/C23H27N5S.C13H16N4.C13H18N2O.C9H16N3.C9H16N2O2.C7H12F3NO2S.C5H9NO2.C3H7NO2.9CH4/c1-16(18-10-6-8-17-7-2-3-9-19(17)18)27-23(29)28-21-12-5-4-11-20(21)26-15-22-24-13-14-25-22;1-2-5-11(6-3-1)13-10-17(16-15-13)9-12-7-4-8-14-12;1-13(2)14-11(12(16)15(13)3)9-10-7-5-4-6-8-10;1-11-5-6-12(8-11)7-9-3-2-4-10-9;12-7-5-8(10-6-7)9(13)11-3-1-2-4-11;8-7(9,10)14(12,13)5-3-6-2-1-4-11-6;7-5(8)4-2-1-3-6-4;1-2(4)3(5)6;;;;;;;;;/h2-3,6-10,13-16,20-21H,4-5,11-12H2,1H3,(H,24,25)(H2,27,28,29);1-3,5-6,10,12,14H,4,7-9H2;4-8,11,14H,9H2,1-3H3;5-6,8-10H,2-4,7H2,1H3;7-8,10,12H,1-6H2;6,11H,1-5H2;4,6H,1-3H2,(H,7,8);2H,4H2,1H3,(H,5,6);9*1H4/q;;;+1;;;;;;;;;;;;;/t16-,20-,21?;12-;11-;9-;7?,8-;6-;4-;2-;;;;;;;;;/m00000000........./s1. The smallest absolute Gasteiger partial charge is 0.480 e. The molecule has 7 saturated heterocycles. The molecule has 15 rings (SSSR count). The van der Waals surface area contributed by atoms with Crippen LogP contribution in [0.25, 0.3) is 22.0 Å². The van der Waals surface area contributed by atoms with E-state index in [9.17, 15) is 45.9 Å². The van der Waals surface area contributed by atoms with Crippen molar-refractivity contribution in [2.75, 3.05) is 58.6 Å². The largest absolute Gasteiger partial charge is 0.497 e. The van der Waals surface area contributed by atoms with Gasteiger partial charge in [-0.05, 0) is 184 Å². The van der Waals surface area contributed by atoms with E-state index in [0.29, 0.717) is 30.2 Å². The van der Waals surface area contributed by atoms with Gasteiger partial charge in [-0.15, -0.1) is 5.10 Å². The number of H-pyrrole nitrogens is 1. The number of rotatable bonds is 18. The van der Waals surface area contributed by atoms with Crippen LogP contribution in [0.15, 0.2) is 145 Å². The molecule has 3 aromatic heterocycles. The molecule has 0 bridgehead atoms. The van der Waals surface area contributed by atoms with Gasteiger partial charge in [0.1, 0.15) is 42.5 Å². The minimum absolute atomic E-state index is 0. The number of β-amino-alcohol motifs (C(OH)–C–C–N with tert-alkyl or cyclic N) is 1. The average Bonchev–Trinajstić information content (AvgIpc) is 1.60. The number of aliphatic hydroxyl groups is 1. The van der Waals surface area contributed by atoms with Crippen LogP contribution in [-0.2, 0) is 55.6 Å². The second-order valence-corrected chi connectivity index (χ2v) is 33.4. The summed E-state index contributed by atoms with van der Waals surface area (Å²) in [7, 11) is -1.02. The highest BCUT2D eigenvalue weighted by Crippen LogP contribution is 2.28. The van der Waals surface area contributed by atoms with E-state index in [2.05, 4.69) is 171 Å². The fraction of sp³-hybridized carbons (Fsp3) is 0.604. The summed E-state index contributed by atoms with van der Waals surface area (Å²) >= 11 is 5.66. The minimum atomic E-state index is -5.11. The summed E-state index contributed by atoms with van der Waals surface area (Å²) in [4.78, 5) is 59.2. The molecule has 2 unspecified atom stereocenters. The number of aliphatic imine (C=N–C) groups is 1. The van der Waals surface area contributed by atoms with E-state index in [0.717, 1.165) is 121 Å². The number of nitrogens with one attached hydrogen (secondary N) is 9. The maximum absolute atomic E-state index is 12.0. The van der Waals surface area contributed by atoms with Gasteiger partial charge in [0.25, 0.3) is 0 Å². The van der Waals surface area contributed by atoms with E-state index in [-0.39, 0.29) is 139 Å². The summed E-state index contributed by atoms with van der Waals surface area (Å²) in [5.74, 6) is -1.35. The zero-order valence-corrected chi connectivity index (χ0v) is 68.8. The number of aliphatic hydroxyl groups excluding tert-OH is 1. The Morgan fingerprint density at radius 1 is 0.742 bits per heavy atom. The Morgan fingerprint density at radius 2 is 1.31 bits per heavy atom. The number of carbonyl (C=O) groups excluding carboxylic acids is 2. The first-order chi connectivity index (χ1) is 55.0. The van der Waals surface area contributed by atoms with E-state index in [1.165, 1.54) is 73.9 Å². The first-order valence-electron chi connectivity index (χ1n) is 40.3. The number of aliphatic carboxylic acids is 2. The predicted octanol–water partition coefficient (Wildman–Crippen LogP) is 13.0. The average molecular weight is 1780 g/mol. The number of aromatic amines is 1. The van der Waals surface area contributed by atoms with Crippen LogP contribution in [0.5, 0.6) is 0 Å². The van der Waals surface area contributed by atoms with Crippen molar-refractivity contribution in [3.05, 3.63) is 157 Å². The third-order valence-corrected chi connectivity index (χ3v) is 23.0. The molecule has 1 aliphatic carbocycles. The summed E-state index contributed by atoms with van der Waals surface area (Å²) in [6.07, 6.45) is 30.2. The van der Waals surface area contributed by atoms with Crippen molar-refractivity contribution in [2.24, 2.45) is 17.8 Å². The van der Waals surface area contributed by atoms with E-state index in [4.69, 9.17) is 33.2 Å². The van der Waals surface area contributed by atoms with Gasteiger partial charge in [-0.25, -0.2) is 22.5 Å². The summed E-state index contributed by atoms with van der Waals surface area (Å²) < 4.78 is 63.3. The van der Waals surface area contributed by atoms with Crippen LogP contribution in [0.2, 0.25) is 0 Å². The lowest BCUT2D eigenvalue weighted by Crippen LogP contribution is -2.48. The van der Waals surface area contributed by atoms with Crippen LogP contribution in [0.1, 0.15) is 220 Å². The Balaban J connectivity index is 0. The van der Waals surface area contributed by atoms with Crippen molar-refractivity contribution in [1.82, 2.24) is 81.9 Å². The van der Waals surface area contributed by atoms with Crippen molar-refractivity contribution in [3.63, 3.8) is 0 Å². The highest BCUT2D eigenvalue weighted by Gasteiger charge is 2.45. The Hall–Kier alpha value is -8.64. The van der Waals surface area contributed by atoms with Crippen LogP contribution in [-0.4, -0.2) is 228 Å². The number of nitrogens with zero attached hydrogens (tertiary/aromatic N) is 9. The highest BCUT2D eigenvalue weighted by molar-refractivity contribution is 7.92. The number of thiocarbonyl (C=S) groups is 1. The maximum atomic E-state index is 12.0. The van der Waals surface area contributed by atoms with Gasteiger partial charge in [0.2, 0.25) is 28.0 Å². The maximum Gasteiger partial charge on any atom is 0.497 e. The zero-order chi connectivity index (χ0) is 82.9. The van der Waals surface area contributed by atoms with E-state index < -0.39 is 39.1 Å². The number of hydrogen-bond donors (Lipinski definition) is 13. The number of imidazole rings is 2. The number of carbonyl (C=O) groups is 4. The van der Waals surface area contributed by atoms with Crippen LogP contribution < -0.4 is 52.8 Å². The summed E-state index contributed by atoms with van der Waals surface area (Å²) in [6.45, 7) is 15.9. The molecule has 1 saturated carbocycles. The van der Waals surface area contributed by atoms with Crippen molar-refractivity contribution >= 4 is 67.9 Å². The Kier molecular flexibility index (Phi) is 56.2. The Morgan fingerprint density at radius 3 is 1.83 bits per heavy atom. The molecule has 0 radical (unpaired) electrons. The zero-order valence-electron chi connectivity index (χ0n) is 67.1. The molecule has 8 fully saturated rings. The van der Waals surface area contributed by atoms with Gasteiger partial charge in [-0.2, -0.15) is 13.2 Å². The molecule has 14 N–H and O–H groups in total. The van der Waals surface area contributed by atoms with Crippen LogP contribution in [0.3, 0.4) is 0 Å². The minimum Gasteiger partial charge on any atom is -0.480 e. The molecular weight excluding hydrogens is 1620 g/mol. The van der Waals surface area contributed by atoms with Crippen molar-refractivity contribution in [3.8, 4) is 11.3 Å². The molecule has 33 heteroatoms. The first kappa shape index (κ1) is 117. The van der Waals surface area contributed by atoms with Gasteiger partial charge < -0.3 is 73.1 Å². The fourth-order valence-electron chi connectivity index (χ4n) is 14.6. The van der Waals surface area contributed by atoms with Gasteiger partial charge >= 0.3 is 17.4 Å². The summed E-state index contributed by atoms with van der Waals surface area (Å²) in [5, 5.41) is 63.2. The van der Waals surface area contributed by atoms with Gasteiger partial charge in [0.15, 0.2) is 5.11 Å². The molecule has 2 amide bonds. The van der Waals surface area contributed by atoms with E-state index in [1.54, 1.807) is 11.1 Å².